The number of halogens is 1. The second-order valence-corrected chi connectivity index (χ2v) is 9.52. The average molecular weight is 499 g/mol. The summed E-state index contributed by atoms with van der Waals surface area (Å²) in [7, 11) is 0. The van der Waals surface area contributed by atoms with Crippen molar-refractivity contribution in [2.45, 2.75) is 24.3 Å². The molecule has 0 radical (unpaired) electrons. The fourth-order valence-electron chi connectivity index (χ4n) is 3.68. The van der Waals surface area contributed by atoms with Crippen LogP contribution >= 0.6 is 34.7 Å². The fourth-order valence-corrected chi connectivity index (χ4v) is 5.77. The monoisotopic (exact) mass is 498 g/mol. The molecular weight excluding hydrogens is 480 g/mol. The number of fused-ring (bicyclic) bond motifs is 2. The van der Waals surface area contributed by atoms with Gasteiger partial charge in [-0.25, -0.2) is 14.8 Å². The van der Waals surface area contributed by atoms with Crippen LogP contribution in [-0.2, 0) is 21.8 Å². The number of thiophene rings is 1. The Kier molecular flexibility index (Phi) is 6.50. The Hall–Kier alpha value is -2.65. The molecule has 0 saturated heterocycles. The maximum absolute atomic E-state index is 12.4. The number of carbonyl (C=O) groups excluding carboxylic acids is 1. The van der Waals surface area contributed by atoms with Gasteiger partial charge in [0.2, 0.25) is 0 Å². The van der Waals surface area contributed by atoms with Crippen molar-refractivity contribution in [1.82, 2.24) is 9.97 Å². The van der Waals surface area contributed by atoms with Crippen LogP contribution in [0.4, 0.5) is 0 Å². The van der Waals surface area contributed by atoms with Crippen molar-refractivity contribution in [1.29, 1.82) is 0 Å². The lowest BCUT2D eigenvalue weighted by Crippen LogP contribution is -2.15. The van der Waals surface area contributed by atoms with Crippen LogP contribution in [0.25, 0.3) is 21.3 Å². The van der Waals surface area contributed by atoms with Crippen molar-refractivity contribution >= 4 is 50.9 Å². The molecule has 0 N–H and O–H groups in total. The lowest BCUT2D eigenvalue weighted by atomic mass is 10.0. The summed E-state index contributed by atoms with van der Waals surface area (Å²) in [5.41, 5.74) is 4.36. The van der Waals surface area contributed by atoms with Crippen molar-refractivity contribution in [3.63, 3.8) is 0 Å². The molecule has 0 saturated carbocycles. The van der Waals surface area contributed by atoms with E-state index in [-0.39, 0.29) is 12.8 Å². The van der Waals surface area contributed by atoms with Gasteiger partial charge in [0.15, 0.2) is 6.79 Å². The minimum Gasteiger partial charge on any atom is -0.467 e. The molecule has 0 atom stereocenters. The highest BCUT2D eigenvalue weighted by Crippen LogP contribution is 2.40. The van der Waals surface area contributed by atoms with E-state index in [0.29, 0.717) is 29.6 Å². The molecule has 2 aromatic heterocycles. The third-order valence-electron chi connectivity index (χ3n) is 5.15. The van der Waals surface area contributed by atoms with Crippen molar-refractivity contribution in [3.8, 4) is 16.9 Å². The van der Waals surface area contributed by atoms with Crippen molar-refractivity contribution in [2.75, 3.05) is 13.4 Å². The predicted octanol–water partition coefficient (Wildman–Crippen LogP) is 6.35. The van der Waals surface area contributed by atoms with Crippen LogP contribution in [0.15, 0.2) is 53.1 Å². The second kappa shape index (κ2) is 9.69. The highest BCUT2D eigenvalue weighted by atomic mass is 35.5. The van der Waals surface area contributed by atoms with Gasteiger partial charge in [-0.1, -0.05) is 23.7 Å². The molecule has 1 aliphatic heterocycles. The van der Waals surface area contributed by atoms with Crippen molar-refractivity contribution < 1.29 is 19.0 Å². The summed E-state index contributed by atoms with van der Waals surface area (Å²) in [4.78, 5) is 22.3. The van der Waals surface area contributed by atoms with Gasteiger partial charge in [0.05, 0.1) is 24.2 Å². The topological polar surface area (TPSA) is 70.5 Å². The zero-order valence-electron chi connectivity index (χ0n) is 17.7. The summed E-state index contributed by atoms with van der Waals surface area (Å²) in [6.07, 6.45) is 1.58. The number of ether oxygens (including phenoxy) is 3. The Morgan fingerprint density at radius 3 is 2.91 bits per heavy atom. The molecule has 33 heavy (non-hydrogen) atoms. The number of esters is 1. The number of nitrogens with zero attached hydrogens (tertiary/aromatic N) is 2. The van der Waals surface area contributed by atoms with Crippen LogP contribution in [0, 0.1) is 0 Å². The largest absolute Gasteiger partial charge is 0.467 e. The van der Waals surface area contributed by atoms with E-state index in [1.165, 1.54) is 0 Å². The first-order chi connectivity index (χ1) is 16.1. The van der Waals surface area contributed by atoms with Crippen molar-refractivity contribution in [3.05, 3.63) is 69.8 Å². The van der Waals surface area contributed by atoms with Crippen LogP contribution in [-0.4, -0.2) is 29.3 Å². The van der Waals surface area contributed by atoms with E-state index in [1.807, 2.05) is 30.3 Å². The van der Waals surface area contributed by atoms with Crippen LogP contribution < -0.4 is 4.74 Å². The van der Waals surface area contributed by atoms with Gasteiger partial charge in [-0.15, -0.1) is 23.1 Å². The summed E-state index contributed by atoms with van der Waals surface area (Å²) in [5, 5.41) is 4.67. The molecule has 0 amide bonds. The van der Waals surface area contributed by atoms with Gasteiger partial charge in [-0.3, -0.25) is 0 Å². The first kappa shape index (κ1) is 22.2. The molecule has 5 rings (SSSR count). The van der Waals surface area contributed by atoms with Gasteiger partial charge >= 0.3 is 5.97 Å². The highest BCUT2D eigenvalue weighted by Gasteiger charge is 2.21. The summed E-state index contributed by atoms with van der Waals surface area (Å²) in [5.74, 6) is 0.970. The zero-order valence-corrected chi connectivity index (χ0v) is 20.1. The third-order valence-corrected chi connectivity index (χ3v) is 7.33. The molecule has 4 aromatic rings. The zero-order chi connectivity index (χ0) is 22.8. The van der Waals surface area contributed by atoms with E-state index in [2.05, 4.69) is 15.3 Å². The molecule has 0 fully saturated rings. The lowest BCUT2D eigenvalue weighted by Gasteiger charge is -2.21. The standard InChI is InChI=1S/C24H19ClN2O4S2/c1-2-30-24(28)15-7-16-9-29-13-31-21(16)17(8-15)10-32-22-20-19(11-33-23(20)27-12-26-22)14-3-5-18(25)6-4-14/h3-8,11-12H,2,9-10,13H2,1H3. The number of rotatable bonds is 6. The second-order valence-electron chi connectivity index (χ2n) is 7.26. The van der Waals surface area contributed by atoms with Gasteiger partial charge < -0.3 is 14.2 Å². The van der Waals surface area contributed by atoms with Crippen LogP contribution in [0.3, 0.4) is 0 Å². The Bertz CT molecular complexity index is 1320. The van der Waals surface area contributed by atoms with E-state index < -0.39 is 0 Å². The lowest BCUT2D eigenvalue weighted by molar-refractivity contribution is -0.0169. The minimum absolute atomic E-state index is 0.187. The number of hydrogen-bond acceptors (Lipinski definition) is 8. The molecule has 2 aromatic carbocycles. The molecule has 6 nitrogen and oxygen atoms in total. The molecule has 168 valence electrons. The molecule has 9 heteroatoms. The maximum Gasteiger partial charge on any atom is 0.338 e. The molecule has 0 bridgehead atoms. The Morgan fingerprint density at radius 2 is 2.09 bits per heavy atom. The van der Waals surface area contributed by atoms with Crippen LogP contribution in [0.2, 0.25) is 5.02 Å². The molecule has 0 spiro atoms. The summed E-state index contributed by atoms with van der Waals surface area (Å²) in [6, 6.07) is 11.4. The van der Waals surface area contributed by atoms with E-state index >= 15 is 0 Å². The Labute approximate surface area is 203 Å². The normalized spacial score (nSPS) is 12.9. The molecule has 3 heterocycles. The van der Waals surface area contributed by atoms with Gasteiger partial charge in [-0.05, 0) is 36.8 Å². The van der Waals surface area contributed by atoms with E-state index in [0.717, 1.165) is 43.2 Å². The van der Waals surface area contributed by atoms with Gasteiger partial charge in [0, 0.05) is 32.8 Å². The van der Waals surface area contributed by atoms with Crippen LogP contribution in [0.5, 0.6) is 5.75 Å². The van der Waals surface area contributed by atoms with E-state index in [4.69, 9.17) is 25.8 Å². The molecule has 1 aliphatic rings. The number of benzene rings is 2. The summed E-state index contributed by atoms with van der Waals surface area (Å²) in [6.45, 7) is 2.69. The SMILES string of the molecule is CCOC(=O)c1cc2c(c(CSc3ncnc4scc(-c5ccc(Cl)cc5)c34)c1)OCOC2. The number of aromatic nitrogens is 2. The smallest absolute Gasteiger partial charge is 0.338 e. The molecule has 0 unspecified atom stereocenters. The number of carbonyl (C=O) groups is 1. The highest BCUT2D eigenvalue weighted by molar-refractivity contribution is 7.98. The summed E-state index contributed by atoms with van der Waals surface area (Å²) < 4.78 is 16.4. The predicted molar refractivity (Wildman–Crippen MR) is 130 cm³/mol. The first-order valence-corrected chi connectivity index (χ1v) is 12.5. The van der Waals surface area contributed by atoms with Gasteiger partial charge in [0.1, 0.15) is 21.9 Å². The Morgan fingerprint density at radius 1 is 1.24 bits per heavy atom. The Balaban J connectivity index is 1.50. The minimum atomic E-state index is -0.357. The third kappa shape index (κ3) is 4.56. The van der Waals surface area contributed by atoms with Crippen molar-refractivity contribution in [2.24, 2.45) is 0 Å². The average Bonchev–Trinajstić information content (AvgIpc) is 3.28. The van der Waals surface area contributed by atoms with Crippen LogP contribution in [0.1, 0.15) is 28.4 Å². The first-order valence-electron chi connectivity index (χ1n) is 10.3. The molecule has 0 aliphatic carbocycles. The maximum atomic E-state index is 12.4. The van der Waals surface area contributed by atoms with E-state index in [1.54, 1.807) is 42.4 Å². The quantitative estimate of drug-likeness (QED) is 0.174. The molecular formula is C24H19ClN2O4S2. The summed E-state index contributed by atoms with van der Waals surface area (Å²) >= 11 is 9.24. The van der Waals surface area contributed by atoms with Gasteiger partial charge in [0.25, 0.3) is 0 Å². The number of thioether (sulfide) groups is 1. The fraction of sp³-hybridized carbons (Fsp3) is 0.208. The van der Waals surface area contributed by atoms with E-state index in [9.17, 15) is 4.79 Å². The number of hydrogen-bond donors (Lipinski definition) is 0. The van der Waals surface area contributed by atoms with Gasteiger partial charge in [-0.2, -0.15) is 0 Å².